The maximum Gasteiger partial charge on any atom is 0.227 e. The summed E-state index contributed by atoms with van der Waals surface area (Å²) < 4.78 is 5.21. The molecular formula is C21H24N2O3. The van der Waals surface area contributed by atoms with Crippen LogP contribution < -0.4 is 15.0 Å². The van der Waals surface area contributed by atoms with Gasteiger partial charge in [-0.2, -0.15) is 0 Å². The number of carbonyl (C=O) groups excluding carboxylic acids is 2. The Bertz CT molecular complexity index is 832. The molecule has 2 amide bonds. The minimum Gasteiger partial charge on any atom is -0.497 e. The van der Waals surface area contributed by atoms with E-state index in [1.807, 2.05) is 50.2 Å². The maximum atomic E-state index is 12.5. The van der Waals surface area contributed by atoms with Crippen molar-refractivity contribution >= 4 is 17.5 Å². The van der Waals surface area contributed by atoms with E-state index in [4.69, 9.17) is 4.74 Å². The van der Waals surface area contributed by atoms with E-state index in [0.29, 0.717) is 18.8 Å². The predicted octanol–water partition coefficient (Wildman–Crippen LogP) is 2.98. The summed E-state index contributed by atoms with van der Waals surface area (Å²) in [5.74, 6) is 0.242. The Hall–Kier alpha value is -2.82. The first-order chi connectivity index (χ1) is 12.5. The number of hydrogen-bond acceptors (Lipinski definition) is 3. The molecule has 1 fully saturated rings. The standard InChI is InChI=1S/C21H24N2O3/c1-14-7-8-16(15(2)9-14)12-22-21(25)17-10-20(24)23(13-17)18-5-4-6-19(11-18)26-3/h4-9,11,17H,10,12-13H2,1-3H3,(H,22,25). The van der Waals surface area contributed by atoms with Crippen molar-refractivity contribution in [1.29, 1.82) is 0 Å². The van der Waals surface area contributed by atoms with E-state index < -0.39 is 0 Å². The summed E-state index contributed by atoms with van der Waals surface area (Å²) in [5, 5.41) is 2.97. The van der Waals surface area contributed by atoms with Crippen molar-refractivity contribution in [3.63, 3.8) is 0 Å². The highest BCUT2D eigenvalue weighted by Gasteiger charge is 2.35. The Morgan fingerprint density at radius 3 is 2.77 bits per heavy atom. The van der Waals surface area contributed by atoms with Crippen LogP contribution in [-0.4, -0.2) is 25.5 Å². The van der Waals surface area contributed by atoms with E-state index in [1.54, 1.807) is 12.0 Å². The van der Waals surface area contributed by atoms with Gasteiger partial charge in [0, 0.05) is 31.3 Å². The molecular weight excluding hydrogens is 328 g/mol. The van der Waals surface area contributed by atoms with Crippen LogP contribution in [0.2, 0.25) is 0 Å². The lowest BCUT2D eigenvalue weighted by Gasteiger charge is -2.17. The average Bonchev–Trinajstić information content (AvgIpc) is 3.02. The van der Waals surface area contributed by atoms with Gasteiger partial charge in [0.15, 0.2) is 0 Å². The molecule has 5 heteroatoms. The van der Waals surface area contributed by atoms with Gasteiger partial charge in [0.25, 0.3) is 0 Å². The number of amides is 2. The number of benzene rings is 2. The molecule has 3 rings (SSSR count). The van der Waals surface area contributed by atoms with Crippen molar-refractivity contribution in [3.8, 4) is 5.75 Å². The Labute approximate surface area is 154 Å². The van der Waals surface area contributed by atoms with Gasteiger partial charge in [-0.25, -0.2) is 0 Å². The van der Waals surface area contributed by atoms with Crippen LogP contribution in [0.1, 0.15) is 23.1 Å². The molecule has 2 aromatic rings. The van der Waals surface area contributed by atoms with Crippen molar-refractivity contribution in [2.24, 2.45) is 5.92 Å². The van der Waals surface area contributed by atoms with Crippen LogP contribution in [0, 0.1) is 19.8 Å². The van der Waals surface area contributed by atoms with Gasteiger partial charge in [0.2, 0.25) is 11.8 Å². The van der Waals surface area contributed by atoms with Gasteiger partial charge in [0.05, 0.1) is 13.0 Å². The number of hydrogen-bond donors (Lipinski definition) is 1. The molecule has 1 N–H and O–H groups in total. The minimum absolute atomic E-state index is 0.0371. The highest BCUT2D eigenvalue weighted by molar-refractivity contribution is 6.00. The molecule has 136 valence electrons. The average molecular weight is 352 g/mol. The van der Waals surface area contributed by atoms with E-state index in [0.717, 1.165) is 16.8 Å². The lowest BCUT2D eigenvalue weighted by atomic mass is 10.0. The van der Waals surface area contributed by atoms with Gasteiger partial charge in [-0.15, -0.1) is 0 Å². The van der Waals surface area contributed by atoms with Crippen LogP contribution in [0.15, 0.2) is 42.5 Å². The number of nitrogens with zero attached hydrogens (tertiary/aromatic N) is 1. The molecule has 1 aliphatic rings. The Morgan fingerprint density at radius 1 is 1.23 bits per heavy atom. The molecule has 26 heavy (non-hydrogen) atoms. The number of aryl methyl sites for hydroxylation is 2. The number of rotatable bonds is 5. The first-order valence-electron chi connectivity index (χ1n) is 8.76. The topological polar surface area (TPSA) is 58.6 Å². The zero-order valence-corrected chi connectivity index (χ0v) is 15.4. The van der Waals surface area contributed by atoms with Gasteiger partial charge in [-0.05, 0) is 37.1 Å². The van der Waals surface area contributed by atoms with E-state index in [2.05, 4.69) is 11.4 Å². The molecule has 1 heterocycles. The Morgan fingerprint density at radius 2 is 2.04 bits per heavy atom. The SMILES string of the molecule is COc1cccc(N2CC(C(=O)NCc3ccc(C)cc3C)CC2=O)c1. The third-order valence-corrected chi connectivity index (χ3v) is 4.81. The summed E-state index contributed by atoms with van der Waals surface area (Å²) in [4.78, 5) is 26.5. The predicted molar refractivity (Wildman–Crippen MR) is 101 cm³/mol. The smallest absolute Gasteiger partial charge is 0.227 e. The lowest BCUT2D eigenvalue weighted by Crippen LogP contribution is -2.32. The van der Waals surface area contributed by atoms with Crippen molar-refractivity contribution < 1.29 is 14.3 Å². The third-order valence-electron chi connectivity index (χ3n) is 4.81. The second kappa shape index (κ2) is 7.60. The molecule has 1 unspecified atom stereocenters. The summed E-state index contributed by atoms with van der Waals surface area (Å²) in [6, 6.07) is 13.5. The first-order valence-corrected chi connectivity index (χ1v) is 8.76. The molecule has 0 spiro atoms. The van der Waals surface area contributed by atoms with Gasteiger partial charge >= 0.3 is 0 Å². The third kappa shape index (κ3) is 3.87. The number of nitrogens with one attached hydrogen (secondary N) is 1. The van der Waals surface area contributed by atoms with Gasteiger partial charge in [-0.3, -0.25) is 9.59 Å². The van der Waals surface area contributed by atoms with Gasteiger partial charge in [0.1, 0.15) is 5.75 Å². The molecule has 1 saturated heterocycles. The van der Waals surface area contributed by atoms with E-state index >= 15 is 0 Å². The Balaban J connectivity index is 1.63. The monoisotopic (exact) mass is 352 g/mol. The quantitative estimate of drug-likeness (QED) is 0.900. The van der Waals surface area contributed by atoms with Crippen molar-refractivity contribution in [3.05, 3.63) is 59.2 Å². The van der Waals surface area contributed by atoms with Crippen LogP contribution in [0.5, 0.6) is 5.75 Å². The molecule has 0 bridgehead atoms. The van der Waals surface area contributed by atoms with E-state index in [-0.39, 0.29) is 24.2 Å². The molecule has 0 radical (unpaired) electrons. The van der Waals surface area contributed by atoms with Crippen LogP contribution in [0.4, 0.5) is 5.69 Å². The molecule has 0 aromatic heterocycles. The fourth-order valence-electron chi connectivity index (χ4n) is 3.28. The normalized spacial score (nSPS) is 16.7. The number of anilines is 1. The van der Waals surface area contributed by atoms with E-state index in [1.165, 1.54) is 5.56 Å². The Kier molecular flexibility index (Phi) is 5.26. The molecule has 0 aliphatic carbocycles. The van der Waals surface area contributed by atoms with E-state index in [9.17, 15) is 9.59 Å². The fourth-order valence-corrected chi connectivity index (χ4v) is 3.28. The lowest BCUT2D eigenvalue weighted by molar-refractivity contribution is -0.126. The zero-order valence-electron chi connectivity index (χ0n) is 15.4. The molecule has 1 aliphatic heterocycles. The number of methoxy groups -OCH3 is 1. The summed E-state index contributed by atoms with van der Waals surface area (Å²) >= 11 is 0. The number of carbonyl (C=O) groups is 2. The fraction of sp³-hybridized carbons (Fsp3) is 0.333. The zero-order chi connectivity index (χ0) is 18.7. The first kappa shape index (κ1) is 18.0. The highest BCUT2D eigenvalue weighted by Crippen LogP contribution is 2.28. The molecule has 1 atom stereocenters. The van der Waals surface area contributed by atoms with Crippen molar-refractivity contribution in [2.45, 2.75) is 26.8 Å². The molecule has 2 aromatic carbocycles. The second-order valence-corrected chi connectivity index (χ2v) is 6.75. The number of ether oxygens (including phenoxy) is 1. The molecule has 0 saturated carbocycles. The second-order valence-electron chi connectivity index (χ2n) is 6.75. The van der Waals surface area contributed by atoms with Crippen LogP contribution in [0.25, 0.3) is 0 Å². The minimum atomic E-state index is -0.334. The largest absolute Gasteiger partial charge is 0.497 e. The molecule has 5 nitrogen and oxygen atoms in total. The van der Waals surface area contributed by atoms with Crippen LogP contribution in [-0.2, 0) is 16.1 Å². The van der Waals surface area contributed by atoms with Gasteiger partial charge < -0.3 is 15.0 Å². The van der Waals surface area contributed by atoms with Crippen molar-refractivity contribution in [1.82, 2.24) is 5.32 Å². The summed E-state index contributed by atoms with van der Waals surface area (Å²) in [5.41, 5.74) is 4.22. The highest BCUT2D eigenvalue weighted by atomic mass is 16.5. The summed E-state index contributed by atoms with van der Waals surface area (Å²) in [6.07, 6.45) is 0.232. The van der Waals surface area contributed by atoms with Crippen molar-refractivity contribution in [2.75, 3.05) is 18.6 Å². The maximum absolute atomic E-state index is 12.5. The van der Waals surface area contributed by atoms with Crippen LogP contribution >= 0.6 is 0 Å². The van der Waals surface area contributed by atoms with Crippen LogP contribution in [0.3, 0.4) is 0 Å². The van der Waals surface area contributed by atoms with Gasteiger partial charge in [-0.1, -0.05) is 29.8 Å². The summed E-state index contributed by atoms with van der Waals surface area (Å²) in [7, 11) is 1.59. The summed E-state index contributed by atoms with van der Waals surface area (Å²) in [6.45, 7) is 4.96.